The van der Waals surface area contributed by atoms with Crippen molar-refractivity contribution < 1.29 is 9.53 Å². The molecule has 1 amide bonds. The lowest BCUT2D eigenvalue weighted by atomic mass is 10.1. The van der Waals surface area contributed by atoms with E-state index in [9.17, 15) is 4.79 Å². The molecule has 110 valence electrons. The Morgan fingerprint density at radius 2 is 2.00 bits per heavy atom. The summed E-state index contributed by atoms with van der Waals surface area (Å²) in [7, 11) is 0. The number of hydrogen-bond acceptors (Lipinski definition) is 3. The Balaban J connectivity index is 1.68. The quantitative estimate of drug-likeness (QED) is 0.898. The first-order chi connectivity index (χ1) is 9.78. The number of amides is 1. The molecule has 4 nitrogen and oxygen atoms in total. The zero-order valence-corrected chi connectivity index (χ0v) is 12.2. The van der Waals surface area contributed by atoms with Crippen LogP contribution in [0.2, 0.25) is 0 Å². The smallest absolute Gasteiger partial charge is 0.410 e. The summed E-state index contributed by atoms with van der Waals surface area (Å²) in [5.41, 5.74) is 0. The average Bonchev–Trinajstić information content (AvgIpc) is 2.47. The Kier molecular flexibility index (Phi) is 5.87. The van der Waals surface area contributed by atoms with Crippen LogP contribution in [-0.2, 0) is 0 Å². The van der Waals surface area contributed by atoms with E-state index in [4.69, 9.17) is 4.74 Å². The van der Waals surface area contributed by atoms with Crippen molar-refractivity contribution in [1.82, 2.24) is 10.2 Å². The molecule has 4 heteroatoms. The molecule has 1 aromatic rings. The summed E-state index contributed by atoms with van der Waals surface area (Å²) in [5, 5.41) is 2.96. The van der Waals surface area contributed by atoms with E-state index in [-0.39, 0.29) is 12.1 Å². The van der Waals surface area contributed by atoms with Gasteiger partial charge in [-0.2, -0.15) is 0 Å². The molecule has 0 spiro atoms. The Morgan fingerprint density at radius 1 is 1.30 bits per heavy atom. The van der Waals surface area contributed by atoms with Gasteiger partial charge in [-0.1, -0.05) is 31.5 Å². The van der Waals surface area contributed by atoms with Gasteiger partial charge in [0.25, 0.3) is 0 Å². The molecule has 1 saturated heterocycles. The third-order valence-corrected chi connectivity index (χ3v) is 3.69. The Morgan fingerprint density at radius 3 is 2.65 bits per heavy atom. The lowest BCUT2D eigenvalue weighted by Gasteiger charge is -2.31. The Labute approximate surface area is 121 Å². The van der Waals surface area contributed by atoms with Crippen LogP contribution in [0.5, 0.6) is 5.75 Å². The van der Waals surface area contributed by atoms with Crippen molar-refractivity contribution in [3.8, 4) is 5.75 Å². The SMILES string of the molecule is CCCCN1CCC(NC(=O)Oc2ccccc2)CC1. The van der Waals surface area contributed by atoms with Gasteiger partial charge in [0.2, 0.25) is 0 Å². The maximum Gasteiger partial charge on any atom is 0.412 e. The molecular weight excluding hydrogens is 252 g/mol. The van der Waals surface area contributed by atoms with Crippen LogP contribution >= 0.6 is 0 Å². The van der Waals surface area contributed by atoms with Crippen molar-refractivity contribution in [2.45, 2.75) is 38.6 Å². The van der Waals surface area contributed by atoms with Gasteiger partial charge in [-0.15, -0.1) is 0 Å². The second kappa shape index (κ2) is 7.90. The first-order valence-electron chi connectivity index (χ1n) is 7.53. The van der Waals surface area contributed by atoms with Crippen LogP contribution in [0.3, 0.4) is 0 Å². The summed E-state index contributed by atoms with van der Waals surface area (Å²) in [6, 6.07) is 9.42. The fraction of sp³-hybridized carbons (Fsp3) is 0.562. The minimum absolute atomic E-state index is 0.240. The van der Waals surface area contributed by atoms with Gasteiger partial charge in [-0.25, -0.2) is 4.79 Å². The lowest BCUT2D eigenvalue weighted by Crippen LogP contribution is -2.45. The monoisotopic (exact) mass is 276 g/mol. The third-order valence-electron chi connectivity index (χ3n) is 3.69. The van der Waals surface area contributed by atoms with E-state index < -0.39 is 0 Å². The topological polar surface area (TPSA) is 41.6 Å². The van der Waals surface area contributed by atoms with Gasteiger partial charge in [0.05, 0.1) is 0 Å². The normalized spacial score (nSPS) is 16.9. The number of hydrogen-bond donors (Lipinski definition) is 1. The van der Waals surface area contributed by atoms with Gasteiger partial charge >= 0.3 is 6.09 Å². The standard InChI is InChI=1S/C16H24N2O2/c1-2-3-11-18-12-9-14(10-13-18)17-16(19)20-15-7-5-4-6-8-15/h4-8,14H,2-3,9-13H2,1H3,(H,17,19). The maximum absolute atomic E-state index is 11.8. The number of likely N-dealkylation sites (tertiary alicyclic amines) is 1. The van der Waals surface area contributed by atoms with Crippen LogP contribution in [0.4, 0.5) is 4.79 Å². The molecule has 1 aromatic carbocycles. The number of ether oxygens (including phenoxy) is 1. The van der Waals surface area contributed by atoms with E-state index in [1.807, 2.05) is 18.2 Å². The first-order valence-corrected chi connectivity index (χ1v) is 7.53. The summed E-state index contributed by atoms with van der Waals surface area (Å²) < 4.78 is 5.25. The number of carbonyl (C=O) groups excluding carboxylic acids is 1. The van der Waals surface area contributed by atoms with Crippen molar-refractivity contribution >= 4 is 6.09 Å². The molecule has 20 heavy (non-hydrogen) atoms. The number of benzene rings is 1. The summed E-state index contributed by atoms with van der Waals surface area (Å²) >= 11 is 0. The van der Waals surface area contributed by atoms with Crippen molar-refractivity contribution in [3.63, 3.8) is 0 Å². The lowest BCUT2D eigenvalue weighted by molar-refractivity contribution is 0.171. The van der Waals surface area contributed by atoms with Gasteiger partial charge in [0.1, 0.15) is 5.75 Å². The van der Waals surface area contributed by atoms with Gasteiger partial charge in [0.15, 0.2) is 0 Å². The highest BCUT2D eigenvalue weighted by atomic mass is 16.6. The van der Waals surface area contributed by atoms with E-state index in [1.165, 1.54) is 19.4 Å². The van der Waals surface area contributed by atoms with Crippen molar-refractivity contribution in [3.05, 3.63) is 30.3 Å². The first kappa shape index (κ1) is 14.9. The zero-order valence-electron chi connectivity index (χ0n) is 12.2. The number of unbranched alkanes of at least 4 members (excludes halogenated alkanes) is 1. The van der Waals surface area contributed by atoms with Crippen molar-refractivity contribution in [2.75, 3.05) is 19.6 Å². The van der Waals surface area contributed by atoms with Crippen LogP contribution < -0.4 is 10.1 Å². The summed E-state index contributed by atoms with van der Waals surface area (Å²) in [6.45, 7) is 5.53. The molecule has 0 atom stereocenters. The second-order valence-corrected chi connectivity index (χ2v) is 5.32. The third kappa shape index (κ3) is 4.85. The van der Waals surface area contributed by atoms with Crippen molar-refractivity contribution in [2.24, 2.45) is 0 Å². The van der Waals surface area contributed by atoms with Crippen LogP contribution in [0.25, 0.3) is 0 Å². The molecule has 1 aliphatic heterocycles. The van der Waals surface area contributed by atoms with E-state index in [1.54, 1.807) is 12.1 Å². The molecule has 1 fully saturated rings. The van der Waals surface area contributed by atoms with Gasteiger partial charge in [-0.3, -0.25) is 0 Å². The number of para-hydroxylation sites is 1. The summed E-state index contributed by atoms with van der Waals surface area (Å²) in [5.74, 6) is 0.588. The number of piperidine rings is 1. The minimum atomic E-state index is -0.344. The minimum Gasteiger partial charge on any atom is -0.410 e. The highest BCUT2D eigenvalue weighted by molar-refractivity contribution is 5.70. The molecule has 0 aromatic heterocycles. The number of nitrogens with zero attached hydrogens (tertiary/aromatic N) is 1. The maximum atomic E-state index is 11.8. The average molecular weight is 276 g/mol. The van der Waals surface area contributed by atoms with Crippen LogP contribution in [-0.4, -0.2) is 36.7 Å². The summed E-state index contributed by atoms with van der Waals surface area (Å²) in [4.78, 5) is 14.3. The molecule has 1 N–H and O–H groups in total. The number of carbonyl (C=O) groups is 1. The van der Waals surface area contributed by atoms with E-state index in [0.717, 1.165) is 25.9 Å². The van der Waals surface area contributed by atoms with Crippen LogP contribution in [0, 0.1) is 0 Å². The largest absolute Gasteiger partial charge is 0.412 e. The van der Waals surface area contributed by atoms with E-state index in [0.29, 0.717) is 5.75 Å². The van der Waals surface area contributed by atoms with Gasteiger partial charge < -0.3 is 15.0 Å². The highest BCUT2D eigenvalue weighted by Gasteiger charge is 2.20. The Hall–Kier alpha value is -1.55. The van der Waals surface area contributed by atoms with Crippen molar-refractivity contribution in [1.29, 1.82) is 0 Å². The highest BCUT2D eigenvalue weighted by Crippen LogP contribution is 2.12. The molecule has 2 rings (SSSR count). The number of rotatable bonds is 5. The zero-order chi connectivity index (χ0) is 14.2. The molecule has 0 unspecified atom stereocenters. The molecule has 1 heterocycles. The number of nitrogens with one attached hydrogen (secondary N) is 1. The van der Waals surface area contributed by atoms with E-state index >= 15 is 0 Å². The molecule has 0 saturated carbocycles. The molecule has 1 aliphatic rings. The van der Waals surface area contributed by atoms with E-state index in [2.05, 4.69) is 17.1 Å². The fourth-order valence-corrected chi connectivity index (χ4v) is 2.47. The predicted octanol–water partition coefficient (Wildman–Crippen LogP) is 3.04. The summed E-state index contributed by atoms with van der Waals surface area (Å²) in [6.07, 6.45) is 4.17. The molecule has 0 aliphatic carbocycles. The van der Waals surface area contributed by atoms with Gasteiger partial charge in [0, 0.05) is 19.1 Å². The Bertz CT molecular complexity index is 400. The second-order valence-electron chi connectivity index (χ2n) is 5.32. The molecule has 0 radical (unpaired) electrons. The fourth-order valence-electron chi connectivity index (χ4n) is 2.47. The van der Waals surface area contributed by atoms with Crippen LogP contribution in [0.15, 0.2) is 30.3 Å². The predicted molar refractivity (Wildman–Crippen MR) is 80.0 cm³/mol. The van der Waals surface area contributed by atoms with Crippen LogP contribution in [0.1, 0.15) is 32.6 Å². The molecular formula is C16H24N2O2. The van der Waals surface area contributed by atoms with Gasteiger partial charge in [-0.05, 0) is 37.9 Å². The molecule has 0 bridgehead atoms.